The minimum absolute atomic E-state index is 0.0904. The minimum Gasteiger partial charge on any atom is -0.507 e. The lowest BCUT2D eigenvalue weighted by Gasteiger charge is -2.09. The number of aromatic hydroxyl groups is 1. The van der Waals surface area contributed by atoms with E-state index in [1.54, 1.807) is 0 Å². The quantitative estimate of drug-likeness (QED) is 0.507. The van der Waals surface area contributed by atoms with Crippen LogP contribution < -0.4 is 4.72 Å². The Morgan fingerprint density at radius 2 is 2.11 bits per heavy atom. The first-order chi connectivity index (χ1) is 8.85. The normalized spacial score (nSPS) is 11.2. The predicted octanol–water partition coefficient (Wildman–Crippen LogP) is 0.869. The van der Waals surface area contributed by atoms with E-state index in [-0.39, 0.29) is 17.0 Å². The molecule has 0 heterocycles. The van der Waals surface area contributed by atoms with E-state index in [0.29, 0.717) is 13.0 Å². The molecule has 0 saturated heterocycles. The van der Waals surface area contributed by atoms with E-state index in [1.165, 1.54) is 13.2 Å². The molecular weight excluding hydrogens is 274 g/mol. The van der Waals surface area contributed by atoms with Crippen molar-refractivity contribution in [3.8, 4) is 5.75 Å². The third-order valence-electron chi connectivity index (χ3n) is 2.26. The van der Waals surface area contributed by atoms with E-state index in [1.807, 2.05) is 0 Å². The van der Waals surface area contributed by atoms with Gasteiger partial charge in [0.25, 0.3) is 0 Å². The maximum atomic E-state index is 11.7. The number of sulfonamides is 1. The summed E-state index contributed by atoms with van der Waals surface area (Å²) in [5, 5.41) is 18.1. The van der Waals surface area contributed by atoms with Crippen molar-refractivity contribution in [2.45, 2.75) is 6.42 Å². The highest BCUT2D eigenvalue weighted by Crippen LogP contribution is 2.22. The molecule has 0 radical (unpaired) electrons. The van der Waals surface area contributed by atoms with Gasteiger partial charge >= 0.3 is 5.97 Å². The Morgan fingerprint density at radius 1 is 1.42 bits per heavy atom. The number of hydrogen-bond donors (Lipinski definition) is 3. The van der Waals surface area contributed by atoms with Gasteiger partial charge in [0, 0.05) is 19.4 Å². The number of hydrogen-bond acceptors (Lipinski definition) is 5. The summed E-state index contributed by atoms with van der Waals surface area (Å²) in [7, 11) is -2.10. The summed E-state index contributed by atoms with van der Waals surface area (Å²) in [6.45, 7) is 0.316. The van der Waals surface area contributed by atoms with Crippen molar-refractivity contribution >= 4 is 21.7 Å². The second kappa shape index (κ2) is 6.39. The minimum atomic E-state index is -3.57. The predicted molar refractivity (Wildman–Crippen MR) is 69.0 cm³/mol. The van der Waals surface area contributed by atoms with Gasteiger partial charge in [0.2, 0.25) is 10.0 Å². The molecule has 1 rings (SSSR count). The molecule has 1 aromatic rings. The van der Waals surface area contributed by atoms with Gasteiger partial charge in [-0.05, 0) is 24.6 Å². The Morgan fingerprint density at radius 3 is 2.68 bits per heavy atom. The molecule has 0 bridgehead atoms. The fourth-order valence-electron chi connectivity index (χ4n) is 1.39. The Hall–Kier alpha value is -1.80. The highest BCUT2D eigenvalue weighted by molar-refractivity contribution is 7.92. The lowest BCUT2D eigenvalue weighted by molar-refractivity contribution is 0.0694. The zero-order chi connectivity index (χ0) is 14.5. The average Bonchev–Trinajstić information content (AvgIpc) is 2.31. The molecule has 0 saturated carbocycles. The van der Waals surface area contributed by atoms with Gasteiger partial charge in [-0.25, -0.2) is 13.2 Å². The highest BCUT2D eigenvalue weighted by atomic mass is 32.2. The molecule has 0 aliphatic rings. The van der Waals surface area contributed by atoms with E-state index < -0.39 is 21.7 Å². The van der Waals surface area contributed by atoms with E-state index in [0.717, 1.165) is 12.1 Å². The molecule has 0 atom stereocenters. The number of phenols is 1. The van der Waals surface area contributed by atoms with Crippen molar-refractivity contribution in [3.05, 3.63) is 23.8 Å². The summed E-state index contributed by atoms with van der Waals surface area (Å²) in [5.41, 5.74) is -0.273. The largest absolute Gasteiger partial charge is 0.507 e. The fraction of sp³-hybridized carbons (Fsp3) is 0.364. The van der Waals surface area contributed by atoms with Crippen LogP contribution in [0.3, 0.4) is 0 Å². The third kappa shape index (κ3) is 4.76. The first kappa shape index (κ1) is 15.3. The SMILES string of the molecule is COCCCS(=O)(=O)Nc1ccc(O)c(C(=O)O)c1. The molecule has 0 aliphatic carbocycles. The number of methoxy groups -OCH3 is 1. The molecule has 0 fully saturated rings. The van der Waals surface area contributed by atoms with Crippen LogP contribution in [-0.2, 0) is 14.8 Å². The lowest BCUT2D eigenvalue weighted by atomic mass is 10.2. The number of carbonyl (C=O) groups is 1. The van der Waals surface area contributed by atoms with Crippen LogP contribution in [0.4, 0.5) is 5.69 Å². The summed E-state index contributed by atoms with van der Waals surface area (Å²) < 4.78 is 30.3. The van der Waals surface area contributed by atoms with Gasteiger partial charge in [-0.2, -0.15) is 0 Å². The van der Waals surface area contributed by atoms with Crippen molar-refractivity contribution in [1.82, 2.24) is 0 Å². The molecule has 7 nitrogen and oxygen atoms in total. The maximum Gasteiger partial charge on any atom is 0.339 e. The van der Waals surface area contributed by atoms with Crippen LogP contribution in [0.5, 0.6) is 5.75 Å². The Bertz CT molecular complexity index is 554. The van der Waals surface area contributed by atoms with Gasteiger partial charge in [0.15, 0.2) is 0 Å². The molecule has 1 aromatic carbocycles. The average molecular weight is 289 g/mol. The van der Waals surface area contributed by atoms with E-state index in [9.17, 15) is 18.3 Å². The first-order valence-electron chi connectivity index (χ1n) is 5.41. The second-order valence-corrected chi connectivity index (χ2v) is 5.65. The standard InChI is InChI=1S/C11H15NO6S/c1-18-5-2-6-19(16,17)12-8-3-4-10(13)9(7-8)11(14)15/h3-4,7,12-13H,2,5-6H2,1H3,(H,14,15). The van der Waals surface area contributed by atoms with Gasteiger partial charge in [-0.15, -0.1) is 0 Å². The van der Waals surface area contributed by atoms with Crippen LogP contribution in [0.25, 0.3) is 0 Å². The summed E-state index contributed by atoms with van der Waals surface area (Å²) in [6.07, 6.45) is 0.329. The van der Waals surface area contributed by atoms with Gasteiger partial charge < -0.3 is 14.9 Å². The molecule has 19 heavy (non-hydrogen) atoms. The smallest absolute Gasteiger partial charge is 0.339 e. The number of benzene rings is 1. The first-order valence-corrected chi connectivity index (χ1v) is 7.06. The van der Waals surface area contributed by atoms with Crippen molar-refractivity contribution in [2.24, 2.45) is 0 Å². The van der Waals surface area contributed by atoms with Crippen LogP contribution in [0.2, 0.25) is 0 Å². The number of carboxylic acids is 1. The van der Waals surface area contributed by atoms with Gasteiger partial charge in [-0.3, -0.25) is 4.72 Å². The molecule has 0 amide bonds. The van der Waals surface area contributed by atoms with Crippen LogP contribution in [0.15, 0.2) is 18.2 Å². The zero-order valence-corrected chi connectivity index (χ0v) is 11.1. The molecule has 106 valence electrons. The topological polar surface area (TPSA) is 113 Å². The molecule has 0 aromatic heterocycles. The molecular formula is C11H15NO6S. The summed E-state index contributed by atoms with van der Waals surface area (Å²) in [4.78, 5) is 10.8. The van der Waals surface area contributed by atoms with Gasteiger partial charge in [-0.1, -0.05) is 0 Å². The lowest BCUT2D eigenvalue weighted by Crippen LogP contribution is -2.18. The Labute approximate surface area is 110 Å². The van der Waals surface area contributed by atoms with Crippen LogP contribution in [0.1, 0.15) is 16.8 Å². The summed E-state index contributed by atoms with van der Waals surface area (Å²) >= 11 is 0. The van der Waals surface area contributed by atoms with Crippen molar-refractivity contribution in [1.29, 1.82) is 0 Å². The number of rotatable bonds is 7. The number of carboxylic acid groups (broad SMARTS) is 1. The Kier molecular flexibility index (Phi) is 5.13. The molecule has 0 spiro atoms. The molecule has 0 unspecified atom stereocenters. The van der Waals surface area contributed by atoms with E-state index >= 15 is 0 Å². The molecule has 0 aliphatic heterocycles. The van der Waals surface area contributed by atoms with Crippen molar-refractivity contribution in [3.63, 3.8) is 0 Å². The third-order valence-corrected chi connectivity index (χ3v) is 3.63. The number of nitrogens with one attached hydrogen (secondary N) is 1. The van der Waals surface area contributed by atoms with Crippen molar-refractivity contribution in [2.75, 3.05) is 24.2 Å². The number of aromatic carboxylic acids is 1. The van der Waals surface area contributed by atoms with Crippen LogP contribution in [0, 0.1) is 0 Å². The van der Waals surface area contributed by atoms with Crippen LogP contribution in [-0.4, -0.2) is 44.1 Å². The molecule has 3 N–H and O–H groups in total. The van der Waals surface area contributed by atoms with Gasteiger partial charge in [0.1, 0.15) is 11.3 Å². The second-order valence-electron chi connectivity index (χ2n) is 3.80. The van der Waals surface area contributed by atoms with Gasteiger partial charge in [0.05, 0.1) is 5.75 Å². The summed E-state index contributed by atoms with van der Waals surface area (Å²) in [5.74, 6) is -1.89. The summed E-state index contributed by atoms with van der Waals surface area (Å²) in [6, 6.07) is 3.47. The van der Waals surface area contributed by atoms with E-state index in [2.05, 4.69) is 4.72 Å². The number of ether oxygens (including phenoxy) is 1. The maximum absolute atomic E-state index is 11.7. The van der Waals surface area contributed by atoms with Crippen LogP contribution >= 0.6 is 0 Å². The Balaban J connectivity index is 2.82. The molecule has 8 heteroatoms. The van der Waals surface area contributed by atoms with Crippen molar-refractivity contribution < 1.29 is 28.2 Å². The fourth-order valence-corrected chi connectivity index (χ4v) is 2.48. The zero-order valence-electron chi connectivity index (χ0n) is 10.3. The number of anilines is 1. The highest BCUT2D eigenvalue weighted by Gasteiger charge is 2.14. The monoisotopic (exact) mass is 289 g/mol. The van der Waals surface area contributed by atoms with E-state index in [4.69, 9.17) is 9.84 Å².